The number of hydrogen-bond donors (Lipinski definition) is 1. The average molecular weight is 455 g/mol. The number of carbonyl (C=O) groups is 1. The summed E-state index contributed by atoms with van der Waals surface area (Å²) in [4.78, 5) is 20.7. The van der Waals surface area contributed by atoms with Crippen molar-refractivity contribution < 1.29 is 18.0 Å². The van der Waals surface area contributed by atoms with E-state index < -0.39 is 23.7 Å². The first kappa shape index (κ1) is 23.2. The van der Waals surface area contributed by atoms with Gasteiger partial charge in [0, 0.05) is 16.8 Å². The Bertz CT molecular complexity index is 1090. The van der Waals surface area contributed by atoms with Gasteiger partial charge in [-0.05, 0) is 37.3 Å². The highest BCUT2D eigenvalue weighted by molar-refractivity contribution is 7.59. The van der Waals surface area contributed by atoms with Crippen molar-refractivity contribution in [1.82, 2.24) is 25.1 Å². The van der Waals surface area contributed by atoms with E-state index in [1.165, 1.54) is 17.2 Å². The number of carbonyl (C=O) groups excluding carboxylic acids is 1. The Kier molecular flexibility index (Phi) is 7.07. The highest BCUT2D eigenvalue weighted by Crippen LogP contribution is 2.32. The molecule has 0 saturated heterocycles. The number of hydrogen-bond acceptors (Lipinski definition) is 5. The van der Waals surface area contributed by atoms with E-state index in [2.05, 4.69) is 20.4 Å². The van der Waals surface area contributed by atoms with Crippen molar-refractivity contribution in [2.45, 2.75) is 19.1 Å². The molecule has 0 aliphatic rings. The zero-order valence-corrected chi connectivity index (χ0v) is 17.0. The van der Waals surface area contributed by atoms with Crippen LogP contribution >= 0.6 is 25.1 Å². The van der Waals surface area contributed by atoms with Gasteiger partial charge < -0.3 is 5.32 Å². The third-order valence-corrected chi connectivity index (χ3v) is 4.11. The second-order valence-electron chi connectivity index (χ2n) is 5.97. The maximum Gasteiger partial charge on any atom is 0.416 e. The van der Waals surface area contributed by atoms with Crippen LogP contribution in [0.3, 0.4) is 0 Å². The standard InChI is InChI=1S/C18H12ClF3N6O.H2S/c1-10(16-25-9-26-28(16)15-3-2-11(7-23)8-24-15)27-17(29)12-4-13(18(20,21)22)6-14(19)5-12;/h2-6,8-10H,1H3,(H,27,29);1H2/t10-;/m0./s1. The molecule has 0 unspecified atom stereocenters. The minimum atomic E-state index is -4.63. The van der Waals surface area contributed by atoms with Crippen LogP contribution in [0.25, 0.3) is 5.82 Å². The number of nitrogens with one attached hydrogen (secondary N) is 1. The van der Waals surface area contributed by atoms with Crippen LogP contribution in [0.4, 0.5) is 13.2 Å². The smallest absolute Gasteiger partial charge is 0.342 e. The van der Waals surface area contributed by atoms with E-state index >= 15 is 0 Å². The third-order valence-electron chi connectivity index (χ3n) is 3.89. The minimum absolute atomic E-state index is 0. The maximum absolute atomic E-state index is 13.0. The number of nitrogens with zero attached hydrogens (tertiary/aromatic N) is 5. The topological polar surface area (TPSA) is 96.5 Å². The summed E-state index contributed by atoms with van der Waals surface area (Å²) in [6.45, 7) is 1.59. The van der Waals surface area contributed by atoms with Gasteiger partial charge in [-0.15, -0.1) is 0 Å². The van der Waals surface area contributed by atoms with E-state index in [0.717, 1.165) is 18.2 Å². The molecule has 1 N–H and O–H groups in total. The second kappa shape index (κ2) is 9.15. The Morgan fingerprint density at radius 3 is 2.60 bits per heavy atom. The van der Waals surface area contributed by atoms with Crippen LogP contribution in [-0.4, -0.2) is 25.7 Å². The largest absolute Gasteiger partial charge is 0.416 e. The first-order chi connectivity index (χ1) is 13.7. The maximum atomic E-state index is 13.0. The highest BCUT2D eigenvalue weighted by Gasteiger charge is 2.32. The molecule has 3 aromatic rings. The van der Waals surface area contributed by atoms with Gasteiger partial charge >= 0.3 is 6.18 Å². The molecule has 2 heterocycles. The molecule has 12 heteroatoms. The summed E-state index contributed by atoms with van der Waals surface area (Å²) in [5.41, 5.74) is -0.898. The van der Waals surface area contributed by atoms with E-state index in [1.807, 2.05) is 6.07 Å². The van der Waals surface area contributed by atoms with Crippen LogP contribution in [0.2, 0.25) is 5.02 Å². The fraction of sp³-hybridized carbons (Fsp3) is 0.167. The summed E-state index contributed by atoms with van der Waals surface area (Å²) < 4.78 is 40.2. The minimum Gasteiger partial charge on any atom is -0.342 e. The molecule has 3 rings (SSSR count). The molecule has 0 radical (unpaired) electrons. The van der Waals surface area contributed by atoms with Crippen molar-refractivity contribution in [3.05, 3.63) is 70.4 Å². The van der Waals surface area contributed by atoms with Crippen LogP contribution in [-0.2, 0) is 6.18 Å². The van der Waals surface area contributed by atoms with Crippen molar-refractivity contribution in [3.8, 4) is 11.9 Å². The number of aromatic nitrogens is 4. The second-order valence-corrected chi connectivity index (χ2v) is 6.40. The molecule has 0 fully saturated rings. The van der Waals surface area contributed by atoms with Gasteiger partial charge in [-0.3, -0.25) is 4.79 Å². The molecular formula is C18H14ClF3N6OS. The summed E-state index contributed by atoms with van der Waals surface area (Å²) in [5, 5.41) is 15.3. The molecule has 0 saturated carbocycles. The first-order valence-corrected chi connectivity index (χ1v) is 8.52. The van der Waals surface area contributed by atoms with Crippen LogP contribution in [0.15, 0.2) is 42.9 Å². The molecular weight excluding hydrogens is 441 g/mol. The van der Waals surface area contributed by atoms with E-state index in [-0.39, 0.29) is 24.1 Å². The monoisotopic (exact) mass is 454 g/mol. The fourth-order valence-electron chi connectivity index (χ4n) is 2.53. The molecule has 30 heavy (non-hydrogen) atoms. The fourth-order valence-corrected chi connectivity index (χ4v) is 2.76. The summed E-state index contributed by atoms with van der Waals surface area (Å²) in [5.74, 6) is -0.0961. The third kappa shape index (κ3) is 5.08. The van der Waals surface area contributed by atoms with Gasteiger partial charge in [-0.1, -0.05) is 11.6 Å². The van der Waals surface area contributed by atoms with Gasteiger partial charge in [0.25, 0.3) is 5.91 Å². The molecule has 2 aromatic heterocycles. The predicted molar refractivity (Wildman–Crippen MR) is 107 cm³/mol. The lowest BCUT2D eigenvalue weighted by Crippen LogP contribution is -2.29. The van der Waals surface area contributed by atoms with Crippen LogP contribution < -0.4 is 5.32 Å². The molecule has 0 bridgehead atoms. The van der Waals surface area contributed by atoms with Gasteiger partial charge in [-0.2, -0.15) is 41.7 Å². The molecule has 156 valence electrons. The normalized spacial score (nSPS) is 11.9. The first-order valence-electron chi connectivity index (χ1n) is 8.14. The van der Waals surface area contributed by atoms with E-state index in [0.29, 0.717) is 17.2 Å². The zero-order valence-electron chi connectivity index (χ0n) is 15.3. The lowest BCUT2D eigenvalue weighted by atomic mass is 10.1. The van der Waals surface area contributed by atoms with Crippen LogP contribution in [0.1, 0.15) is 40.3 Å². The van der Waals surface area contributed by atoms with Crippen molar-refractivity contribution in [1.29, 1.82) is 5.26 Å². The number of halogens is 4. The summed E-state index contributed by atoms with van der Waals surface area (Å²) >= 11 is 5.73. The number of alkyl halides is 3. The number of nitriles is 1. The molecule has 0 aliphatic heterocycles. The average Bonchev–Trinajstić information content (AvgIpc) is 3.17. The molecule has 1 atom stereocenters. The molecule has 7 nitrogen and oxygen atoms in total. The summed E-state index contributed by atoms with van der Waals surface area (Å²) in [6, 6.07) is 6.94. The lowest BCUT2D eigenvalue weighted by molar-refractivity contribution is -0.137. The van der Waals surface area contributed by atoms with Gasteiger partial charge in [0.1, 0.15) is 12.4 Å². The number of pyridine rings is 1. The Hall–Kier alpha value is -3.10. The summed E-state index contributed by atoms with van der Waals surface area (Å²) in [7, 11) is 0. The van der Waals surface area contributed by atoms with Gasteiger partial charge in [0.15, 0.2) is 11.6 Å². The van der Waals surface area contributed by atoms with Crippen molar-refractivity contribution in [3.63, 3.8) is 0 Å². The van der Waals surface area contributed by atoms with E-state index in [9.17, 15) is 18.0 Å². The number of amides is 1. The lowest BCUT2D eigenvalue weighted by Gasteiger charge is -2.15. The summed E-state index contributed by atoms with van der Waals surface area (Å²) in [6.07, 6.45) is -2.03. The molecule has 1 aromatic carbocycles. The molecule has 0 aliphatic carbocycles. The quantitative estimate of drug-likeness (QED) is 0.646. The van der Waals surface area contributed by atoms with Crippen molar-refractivity contribution in [2.75, 3.05) is 0 Å². The SMILES string of the molecule is C[C@H](NC(=O)c1cc(Cl)cc(C(F)(F)F)c1)c1ncnn1-c1ccc(C#N)cn1.S. The van der Waals surface area contributed by atoms with Crippen LogP contribution in [0, 0.1) is 11.3 Å². The van der Waals surface area contributed by atoms with E-state index in [1.54, 1.807) is 19.1 Å². The number of benzene rings is 1. The van der Waals surface area contributed by atoms with Crippen molar-refractivity contribution >= 4 is 31.0 Å². The Balaban J connectivity index is 0.00000320. The molecule has 1 amide bonds. The highest BCUT2D eigenvalue weighted by atomic mass is 35.5. The van der Waals surface area contributed by atoms with Crippen LogP contribution in [0.5, 0.6) is 0 Å². The molecule has 0 spiro atoms. The zero-order chi connectivity index (χ0) is 21.2. The van der Waals surface area contributed by atoms with Gasteiger partial charge in [-0.25, -0.2) is 9.97 Å². The van der Waals surface area contributed by atoms with E-state index in [4.69, 9.17) is 16.9 Å². The Morgan fingerprint density at radius 2 is 2.00 bits per heavy atom. The Morgan fingerprint density at radius 1 is 1.27 bits per heavy atom. The number of rotatable bonds is 4. The van der Waals surface area contributed by atoms with Gasteiger partial charge in [0.2, 0.25) is 0 Å². The van der Waals surface area contributed by atoms with Crippen molar-refractivity contribution in [2.24, 2.45) is 0 Å². The predicted octanol–water partition coefficient (Wildman–Crippen LogP) is 3.81. The van der Waals surface area contributed by atoms with Gasteiger partial charge in [0.05, 0.1) is 17.2 Å². The Labute approximate surface area is 181 Å².